The Morgan fingerprint density at radius 3 is 2.75 bits per heavy atom. The Morgan fingerprint density at radius 1 is 1.38 bits per heavy atom. The fourth-order valence-corrected chi connectivity index (χ4v) is 2.84. The first-order valence-corrected chi connectivity index (χ1v) is 8.49. The fourth-order valence-electron chi connectivity index (χ4n) is 2.84. The van der Waals surface area contributed by atoms with Gasteiger partial charge in [-0.05, 0) is 69.0 Å². The summed E-state index contributed by atoms with van der Waals surface area (Å²) < 4.78 is 5.94. The maximum Gasteiger partial charge on any atom is 0.137 e. The molecule has 126 valence electrons. The van der Waals surface area contributed by atoms with E-state index in [0.717, 1.165) is 37.1 Å². The number of nitrogens with one attached hydrogen (secondary N) is 1. The van der Waals surface area contributed by atoms with E-state index in [-0.39, 0.29) is 0 Å². The number of rotatable bonds is 6. The molecular weight excluding hydrogens is 296 g/mol. The minimum absolute atomic E-state index is 0.569. The van der Waals surface area contributed by atoms with Gasteiger partial charge in [-0.3, -0.25) is 0 Å². The number of ether oxygens (including phenoxy) is 1. The highest BCUT2D eigenvalue weighted by molar-refractivity contribution is 5.77. The van der Waals surface area contributed by atoms with Crippen LogP contribution >= 0.6 is 0 Å². The summed E-state index contributed by atoms with van der Waals surface area (Å²) in [6, 6.07) is 8.07. The molecule has 0 atom stereocenters. The average molecular weight is 322 g/mol. The molecule has 1 heterocycles. The predicted octanol–water partition coefficient (Wildman–Crippen LogP) is 4.47. The number of nitrogens with zero attached hydrogens (tertiary/aromatic N) is 1. The fraction of sp³-hybridized carbons (Fsp3) is 0.381. The first kappa shape index (κ1) is 18.0. The van der Waals surface area contributed by atoms with Crippen LogP contribution in [0.2, 0.25) is 0 Å². The molecule has 1 aliphatic rings. The van der Waals surface area contributed by atoms with Gasteiger partial charge in [-0.15, -0.1) is 0 Å². The van der Waals surface area contributed by atoms with Crippen molar-refractivity contribution in [3.63, 3.8) is 0 Å². The largest absolute Gasteiger partial charge is 0.492 e. The highest BCUT2D eigenvalue weighted by Gasteiger charge is 2.15. The lowest BCUT2D eigenvalue weighted by Crippen LogP contribution is -2.30. The van der Waals surface area contributed by atoms with E-state index in [2.05, 4.69) is 37.9 Å². The van der Waals surface area contributed by atoms with Crippen molar-refractivity contribution in [2.45, 2.75) is 26.7 Å². The van der Waals surface area contributed by atoms with Gasteiger partial charge in [0.05, 0.1) is 12.2 Å². The van der Waals surface area contributed by atoms with Gasteiger partial charge in [-0.25, -0.2) is 0 Å². The summed E-state index contributed by atoms with van der Waals surface area (Å²) in [5.74, 6) is 1.24. The SMILES string of the molecule is C=C/C=C(\C=C(C)C)c1ccc(OCC2CCNCC2)c(C#N)c1. The van der Waals surface area contributed by atoms with Crippen molar-refractivity contribution in [1.82, 2.24) is 5.32 Å². The Kier molecular flexibility index (Phi) is 6.84. The van der Waals surface area contributed by atoms with E-state index >= 15 is 0 Å². The normalized spacial score (nSPS) is 15.5. The molecule has 24 heavy (non-hydrogen) atoms. The van der Waals surface area contributed by atoms with Gasteiger partial charge in [0, 0.05) is 0 Å². The standard InChI is InChI=1S/C21H26N2O/c1-4-5-18(12-16(2)3)19-6-7-21(20(13-19)14-22)24-15-17-8-10-23-11-9-17/h4-7,12-13,17,23H,1,8-11,15H2,2-3H3/b18-5+. The first-order chi connectivity index (χ1) is 11.6. The molecule has 0 radical (unpaired) electrons. The van der Waals surface area contributed by atoms with Crippen LogP contribution in [-0.2, 0) is 0 Å². The van der Waals surface area contributed by atoms with Crippen LogP contribution < -0.4 is 10.1 Å². The molecule has 1 saturated heterocycles. The van der Waals surface area contributed by atoms with Gasteiger partial charge in [0.15, 0.2) is 0 Å². The van der Waals surface area contributed by atoms with Gasteiger partial charge < -0.3 is 10.1 Å². The van der Waals surface area contributed by atoms with Crippen molar-refractivity contribution in [3.05, 3.63) is 59.7 Å². The van der Waals surface area contributed by atoms with Gasteiger partial charge in [0.1, 0.15) is 11.8 Å². The van der Waals surface area contributed by atoms with Crippen LogP contribution in [0.4, 0.5) is 0 Å². The van der Waals surface area contributed by atoms with E-state index in [1.165, 1.54) is 5.57 Å². The molecule has 1 aliphatic heterocycles. The molecule has 1 aromatic rings. The number of piperidine rings is 1. The van der Waals surface area contributed by atoms with Crippen LogP contribution in [0, 0.1) is 17.2 Å². The maximum atomic E-state index is 9.48. The summed E-state index contributed by atoms with van der Waals surface area (Å²) in [7, 11) is 0. The third-order valence-electron chi connectivity index (χ3n) is 4.11. The summed E-state index contributed by atoms with van der Waals surface area (Å²) in [5.41, 5.74) is 3.83. The number of hydrogen-bond acceptors (Lipinski definition) is 3. The number of hydrogen-bond donors (Lipinski definition) is 1. The van der Waals surface area contributed by atoms with Crippen LogP contribution in [0.1, 0.15) is 37.8 Å². The molecule has 0 spiro atoms. The second-order valence-electron chi connectivity index (χ2n) is 6.41. The molecule has 0 saturated carbocycles. The minimum Gasteiger partial charge on any atom is -0.492 e. The van der Waals surface area contributed by atoms with E-state index in [1.54, 1.807) is 6.08 Å². The molecule has 1 aromatic carbocycles. The Bertz CT molecular complexity index is 670. The Hall–Kier alpha value is -2.31. The van der Waals surface area contributed by atoms with Crippen LogP contribution in [0.25, 0.3) is 5.57 Å². The van der Waals surface area contributed by atoms with E-state index in [9.17, 15) is 5.26 Å². The van der Waals surface area contributed by atoms with Crippen molar-refractivity contribution in [1.29, 1.82) is 5.26 Å². The van der Waals surface area contributed by atoms with Crippen LogP contribution in [0.15, 0.2) is 48.6 Å². The van der Waals surface area contributed by atoms with Gasteiger partial charge in [-0.2, -0.15) is 5.26 Å². The van der Waals surface area contributed by atoms with Crippen LogP contribution in [0.3, 0.4) is 0 Å². The second-order valence-corrected chi connectivity index (χ2v) is 6.41. The molecule has 3 nitrogen and oxygen atoms in total. The van der Waals surface area contributed by atoms with E-state index in [0.29, 0.717) is 23.8 Å². The van der Waals surface area contributed by atoms with E-state index in [1.807, 2.05) is 24.3 Å². The van der Waals surface area contributed by atoms with Crippen molar-refractivity contribution < 1.29 is 4.74 Å². The molecule has 1 N–H and O–H groups in total. The van der Waals surface area contributed by atoms with Crippen LogP contribution in [-0.4, -0.2) is 19.7 Å². The zero-order valence-electron chi connectivity index (χ0n) is 14.6. The highest BCUT2D eigenvalue weighted by atomic mass is 16.5. The molecule has 1 fully saturated rings. The minimum atomic E-state index is 0.569. The summed E-state index contributed by atoms with van der Waals surface area (Å²) in [4.78, 5) is 0. The maximum absolute atomic E-state index is 9.48. The van der Waals surface area contributed by atoms with Gasteiger partial charge in [-0.1, -0.05) is 36.4 Å². The number of nitriles is 1. The lowest BCUT2D eigenvalue weighted by Gasteiger charge is -2.23. The third-order valence-corrected chi connectivity index (χ3v) is 4.11. The zero-order valence-corrected chi connectivity index (χ0v) is 14.6. The second kappa shape index (κ2) is 9.10. The van der Waals surface area contributed by atoms with Crippen LogP contribution in [0.5, 0.6) is 5.75 Å². The zero-order chi connectivity index (χ0) is 17.4. The summed E-state index contributed by atoms with van der Waals surface area (Å²) in [5, 5.41) is 12.8. The summed E-state index contributed by atoms with van der Waals surface area (Å²) in [6.07, 6.45) is 8.08. The number of allylic oxidation sites excluding steroid dienone is 5. The van der Waals surface area contributed by atoms with Gasteiger partial charge >= 0.3 is 0 Å². The van der Waals surface area contributed by atoms with Crippen molar-refractivity contribution in [2.75, 3.05) is 19.7 Å². The predicted molar refractivity (Wildman–Crippen MR) is 99.9 cm³/mol. The van der Waals surface area contributed by atoms with Gasteiger partial charge in [0.2, 0.25) is 0 Å². The number of benzene rings is 1. The molecule has 0 aliphatic carbocycles. The Morgan fingerprint density at radius 2 is 2.12 bits per heavy atom. The Balaban J connectivity index is 2.17. The molecule has 2 rings (SSSR count). The molecule has 0 unspecified atom stereocenters. The quantitative estimate of drug-likeness (QED) is 0.786. The Labute approximate surface area is 145 Å². The lowest BCUT2D eigenvalue weighted by molar-refractivity contribution is 0.215. The van der Waals surface area contributed by atoms with Gasteiger partial charge in [0.25, 0.3) is 0 Å². The monoisotopic (exact) mass is 322 g/mol. The smallest absolute Gasteiger partial charge is 0.137 e. The van der Waals surface area contributed by atoms with Crippen molar-refractivity contribution in [2.24, 2.45) is 5.92 Å². The molecule has 0 amide bonds. The molecule has 3 heteroatoms. The summed E-state index contributed by atoms with van der Waals surface area (Å²) in [6.45, 7) is 10.7. The van der Waals surface area contributed by atoms with Crippen molar-refractivity contribution in [3.8, 4) is 11.8 Å². The molecular formula is C21H26N2O. The first-order valence-electron chi connectivity index (χ1n) is 8.49. The topological polar surface area (TPSA) is 45.0 Å². The summed E-state index contributed by atoms with van der Waals surface area (Å²) >= 11 is 0. The van der Waals surface area contributed by atoms with E-state index < -0.39 is 0 Å². The molecule has 0 bridgehead atoms. The lowest BCUT2D eigenvalue weighted by atomic mass is 9.99. The highest BCUT2D eigenvalue weighted by Crippen LogP contribution is 2.26. The van der Waals surface area contributed by atoms with E-state index in [4.69, 9.17) is 4.74 Å². The average Bonchev–Trinajstić information content (AvgIpc) is 2.60. The van der Waals surface area contributed by atoms with Crippen molar-refractivity contribution >= 4 is 5.57 Å². The molecule has 0 aromatic heterocycles. The third kappa shape index (κ3) is 5.11.